The van der Waals surface area contributed by atoms with Gasteiger partial charge in [-0.25, -0.2) is 0 Å². The SMILES string of the molecule is CCC(=O)NN1CN(CC(=O)OC2CCCC2)Cc2cc(OCCCC(=O)N(C)C3CCCCC3)ccc21. The number of nitrogens with zero attached hydrogens (tertiary/aromatic N) is 3. The van der Waals surface area contributed by atoms with Crippen LogP contribution in [0.4, 0.5) is 5.69 Å². The van der Waals surface area contributed by atoms with Gasteiger partial charge in [0.2, 0.25) is 11.8 Å². The van der Waals surface area contributed by atoms with Crippen LogP contribution < -0.4 is 15.2 Å². The molecule has 2 amide bonds. The summed E-state index contributed by atoms with van der Waals surface area (Å²) in [5.74, 6) is 0.592. The zero-order valence-corrected chi connectivity index (χ0v) is 23.1. The molecule has 0 saturated heterocycles. The number of anilines is 1. The average molecular weight is 529 g/mol. The highest BCUT2D eigenvalue weighted by molar-refractivity contribution is 5.78. The molecule has 2 aliphatic carbocycles. The van der Waals surface area contributed by atoms with E-state index in [-0.39, 0.29) is 30.4 Å². The molecule has 38 heavy (non-hydrogen) atoms. The molecule has 0 bridgehead atoms. The van der Waals surface area contributed by atoms with Gasteiger partial charge < -0.3 is 14.4 Å². The highest BCUT2D eigenvalue weighted by Crippen LogP contribution is 2.30. The summed E-state index contributed by atoms with van der Waals surface area (Å²) in [6.45, 7) is 3.38. The molecule has 3 aliphatic rings. The molecular weight excluding hydrogens is 484 g/mol. The number of esters is 1. The third kappa shape index (κ3) is 7.85. The second kappa shape index (κ2) is 13.8. The Balaban J connectivity index is 1.31. The van der Waals surface area contributed by atoms with Crippen molar-refractivity contribution in [1.82, 2.24) is 15.2 Å². The fourth-order valence-electron chi connectivity index (χ4n) is 5.71. The van der Waals surface area contributed by atoms with Gasteiger partial charge in [-0.3, -0.25) is 29.7 Å². The summed E-state index contributed by atoms with van der Waals surface area (Å²) in [6.07, 6.45) is 11.6. The lowest BCUT2D eigenvalue weighted by Crippen LogP contribution is -2.52. The number of benzene rings is 1. The topological polar surface area (TPSA) is 91.4 Å². The van der Waals surface area contributed by atoms with E-state index >= 15 is 0 Å². The first-order valence-electron chi connectivity index (χ1n) is 14.4. The van der Waals surface area contributed by atoms with Gasteiger partial charge in [0.1, 0.15) is 11.9 Å². The van der Waals surface area contributed by atoms with Gasteiger partial charge in [0.25, 0.3) is 0 Å². The van der Waals surface area contributed by atoms with E-state index in [9.17, 15) is 14.4 Å². The number of carbonyl (C=O) groups excluding carboxylic acids is 3. The maximum Gasteiger partial charge on any atom is 0.320 e. The Morgan fingerprint density at radius 2 is 1.79 bits per heavy atom. The number of amides is 2. The number of ether oxygens (including phenoxy) is 2. The first-order valence-corrected chi connectivity index (χ1v) is 14.4. The van der Waals surface area contributed by atoms with E-state index in [2.05, 4.69) is 5.43 Å². The summed E-state index contributed by atoms with van der Waals surface area (Å²) in [7, 11) is 1.93. The number of carbonyl (C=O) groups is 3. The first-order chi connectivity index (χ1) is 18.4. The van der Waals surface area contributed by atoms with Crippen molar-refractivity contribution in [1.29, 1.82) is 0 Å². The van der Waals surface area contributed by atoms with E-state index in [1.54, 1.807) is 5.01 Å². The summed E-state index contributed by atoms with van der Waals surface area (Å²) < 4.78 is 11.7. The molecule has 1 heterocycles. The molecule has 210 valence electrons. The highest BCUT2D eigenvalue weighted by atomic mass is 16.5. The smallest absolute Gasteiger partial charge is 0.320 e. The van der Waals surface area contributed by atoms with Crippen molar-refractivity contribution in [3.8, 4) is 5.75 Å². The molecule has 0 radical (unpaired) electrons. The van der Waals surface area contributed by atoms with Crippen molar-refractivity contribution in [2.75, 3.05) is 31.9 Å². The molecule has 1 N–H and O–H groups in total. The zero-order valence-electron chi connectivity index (χ0n) is 23.1. The third-order valence-electron chi connectivity index (χ3n) is 7.93. The van der Waals surface area contributed by atoms with Crippen LogP contribution in [0.5, 0.6) is 5.75 Å². The molecule has 0 spiro atoms. The number of hydrogen-bond donors (Lipinski definition) is 1. The summed E-state index contributed by atoms with van der Waals surface area (Å²) in [5, 5.41) is 1.79. The van der Waals surface area contributed by atoms with E-state index in [0.29, 0.717) is 50.9 Å². The van der Waals surface area contributed by atoms with E-state index < -0.39 is 0 Å². The van der Waals surface area contributed by atoms with E-state index in [1.807, 2.05) is 42.0 Å². The molecule has 0 atom stereocenters. The van der Waals surface area contributed by atoms with Gasteiger partial charge in [0.15, 0.2) is 0 Å². The van der Waals surface area contributed by atoms with Crippen LogP contribution in [0.1, 0.15) is 89.5 Å². The van der Waals surface area contributed by atoms with Gasteiger partial charge in [-0.1, -0.05) is 26.2 Å². The van der Waals surface area contributed by atoms with Crippen LogP contribution in [0, 0.1) is 0 Å². The van der Waals surface area contributed by atoms with Gasteiger partial charge in [0, 0.05) is 32.5 Å². The molecule has 9 nitrogen and oxygen atoms in total. The molecule has 1 aromatic rings. The van der Waals surface area contributed by atoms with Gasteiger partial charge in [0.05, 0.1) is 25.5 Å². The monoisotopic (exact) mass is 528 g/mol. The summed E-state index contributed by atoms with van der Waals surface area (Å²) in [5.41, 5.74) is 4.80. The van der Waals surface area contributed by atoms with Crippen molar-refractivity contribution in [3.63, 3.8) is 0 Å². The predicted octanol–water partition coefficient (Wildman–Crippen LogP) is 4.14. The number of hydrogen-bond acceptors (Lipinski definition) is 7. The standard InChI is InChI=1S/C29H44N4O5/c1-3-27(34)30-33-21-32(20-29(36)38-24-12-7-8-13-24)19-22-18-25(15-16-26(22)33)37-17-9-14-28(35)31(2)23-10-5-4-6-11-23/h15-16,18,23-24H,3-14,17,19-21H2,1-2H3,(H,30,34). The molecule has 2 saturated carbocycles. The van der Waals surface area contributed by atoms with Crippen molar-refractivity contribution in [2.24, 2.45) is 0 Å². The molecule has 1 aliphatic heterocycles. The summed E-state index contributed by atoms with van der Waals surface area (Å²) in [6, 6.07) is 6.18. The molecule has 2 fully saturated rings. The zero-order chi connectivity index (χ0) is 26.9. The normalized spacial score (nSPS) is 18.6. The lowest BCUT2D eigenvalue weighted by Gasteiger charge is -2.38. The number of hydrazine groups is 1. The Hall–Kier alpha value is -2.81. The lowest BCUT2D eigenvalue weighted by molar-refractivity contribution is -0.150. The maximum absolute atomic E-state index is 12.6. The summed E-state index contributed by atoms with van der Waals surface area (Å²) in [4.78, 5) is 41.3. The average Bonchev–Trinajstić information content (AvgIpc) is 3.43. The quantitative estimate of drug-likeness (QED) is 0.341. The fourth-order valence-corrected chi connectivity index (χ4v) is 5.71. The molecule has 9 heteroatoms. The molecular formula is C29H44N4O5. The van der Waals surface area contributed by atoms with Crippen LogP contribution in [0.3, 0.4) is 0 Å². The van der Waals surface area contributed by atoms with Gasteiger partial charge in [-0.15, -0.1) is 0 Å². The Morgan fingerprint density at radius 3 is 2.53 bits per heavy atom. The van der Waals surface area contributed by atoms with E-state index in [0.717, 1.165) is 49.8 Å². The minimum Gasteiger partial charge on any atom is -0.494 e. The van der Waals surface area contributed by atoms with Gasteiger partial charge in [-0.2, -0.15) is 0 Å². The Bertz CT molecular complexity index is 958. The second-order valence-electron chi connectivity index (χ2n) is 10.9. The predicted molar refractivity (Wildman–Crippen MR) is 145 cm³/mol. The maximum atomic E-state index is 12.6. The Morgan fingerprint density at radius 1 is 1.05 bits per heavy atom. The third-order valence-corrected chi connectivity index (χ3v) is 7.93. The van der Waals surface area contributed by atoms with Crippen molar-refractivity contribution >= 4 is 23.5 Å². The minimum atomic E-state index is -0.225. The first kappa shape index (κ1) is 28.2. The number of fused-ring (bicyclic) bond motifs is 1. The van der Waals surface area contributed by atoms with E-state index in [1.165, 1.54) is 19.3 Å². The van der Waals surface area contributed by atoms with Gasteiger partial charge in [-0.05, 0) is 68.7 Å². The van der Waals surface area contributed by atoms with Crippen LogP contribution in [0.15, 0.2) is 18.2 Å². The Labute approximate surface area is 226 Å². The van der Waals surface area contributed by atoms with E-state index in [4.69, 9.17) is 9.47 Å². The van der Waals surface area contributed by atoms with Crippen molar-refractivity contribution < 1.29 is 23.9 Å². The number of rotatable bonds is 11. The van der Waals surface area contributed by atoms with Crippen LogP contribution in [0.25, 0.3) is 0 Å². The fraction of sp³-hybridized carbons (Fsp3) is 0.690. The van der Waals surface area contributed by atoms with Crippen LogP contribution in [-0.4, -0.2) is 66.6 Å². The van der Waals surface area contributed by atoms with Crippen LogP contribution >= 0.6 is 0 Å². The van der Waals surface area contributed by atoms with Crippen molar-refractivity contribution in [2.45, 2.75) is 103 Å². The molecule has 0 unspecified atom stereocenters. The number of nitrogens with one attached hydrogen (secondary N) is 1. The lowest BCUT2D eigenvalue weighted by atomic mass is 9.94. The summed E-state index contributed by atoms with van der Waals surface area (Å²) >= 11 is 0. The molecule has 0 aromatic heterocycles. The highest BCUT2D eigenvalue weighted by Gasteiger charge is 2.28. The van der Waals surface area contributed by atoms with Crippen LogP contribution in [-0.2, 0) is 25.7 Å². The molecule has 1 aromatic carbocycles. The molecule has 4 rings (SSSR count). The van der Waals surface area contributed by atoms with Crippen molar-refractivity contribution in [3.05, 3.63) is 23.8 Å². The second-order valence-corrected chi connectivity index (χ2v) is 10.9. The largest absolute Gasteiger partial charge is 0.494 e. The minimum absolute atomic E-state index is 0.0322. The Kier molecular flexibility index (Phi) is 10.3. The van der Waals surface area contributed by atoms with Crippen LogP contribution in [0.2, 0.25) is 0 Å². The van der Waals surface area contributed by atoms with Gasteiger partial charge >= 0.3 is 5.97 Å².